The van der Waals surface area contributed by atoms with Gasteiger partial charge in [0.05, 0.1) is 6.54 Å². The van der Waals surface area contributed by atoms with Gasteiger partial charge in [-0.1, -0.05) is 24.3 Å². The summed E-state index contributed by atoms with van der Waals surface area (Å²) in [5.41, 5.74) is 0.429. The van der Waals surface area contributed by atoms with E-state index in [0.717, 1.165) is 25.1 Å². The van der Waals surface area contributed by atoms with Crippen LogP contribution in [-0.2, 0) is 14.4 Å². The van der Waals surface area contributed by atoms with E-state index in [1.807, 2.05) is 30.3 Å². The van der Waals surface area contributed by atoms with Crippen molar-refractivity contribution in [2.45, 2.75) is 12.5 Å². The highest BCUT2D eigenvalue weighted by Gasteiger charge is 2.39. The third-order valence-corrected chi connectivity index (χ3v) is 6.31. The summed E-state index contributed by atoms with van der Waals surface area (Å²) in [5, 5.41) is 14.0. The average Bonchev–Trinajstić information content (AvgIpc) is 3.32. The number of fused-ring (bicyclic) bond motifs is 3. The molecule has 1 aliphatic heterocycles. The molecule has 2 amide bonds. The molecule has 8 heteroatoms. The maximum Gasteiger partial charge on any atom is 0.326 e. The van der Waals surface area contributed by atoms with Gasteiger partial charge in [0.1, 0.15) is 12.3 Å². The van der Waals surface area contributed by atoms with Crippen LogP contribution in [0.4, 0.5) is 0 Å². The van der Waals surface area contributed by atoms with E-state index >= 15 is 0 Å². The first-order chi connectivity index (χ1) is 14.0. The number of hydrogen-bond acceptors (Lipinski definition) is 5. The fourth-order valence-corrected chi connectivity index (χ4v) is 4.85. The monoisotopic (exact) mass is 410 g/mol. The molecule has 2 heterocycles. The Morgan fingerprint density at radius 2 is 1.90 bits per heavy atom. The van der Waals surface area contributed by atoms with Gasteiger partial charge in [0.25, 0.3) is 5.91 Å². The van der Waals surface area contributed by atoms with Gasteiger partial charge in [0.15, 0.2) is 0 Å². The van der Waals surface area contributed by atoms with Gasteiger partial charge in [0, 0.05) is 38.2 Å². The second-order valence-corrected chi connectivity index (χ2v) is 8.11. The quantitative estimate of drug-likeness (QED) is 0.628. The van der Waals surface area contributed by atoms with Crippen LogP contribution in [0.1, 0.15) is 16.8 Å². The maximum atomic E-state index is 12.5. The Kier molecular flexibility index (Phi) is 5.02. The Morgan fingerprint density at radius 3 is 2.66 bits per heavy atom. The van der Waals surface area contributed by atoms with Crippen LogP contribution in [0.2, 0.25) is 0 Å². The number of carbonyl (C=O) groups excluding carboxylic acids is 3. The highest BCUT2D eigenvalue weighted by molar-refractivity contribution is 7.25. The van der Waals surface area contributed by atoms with Crippen molar-refractivity contribution in [1.29, 1.82) is 0 Å². The molecule has 1 aromatic heterocycles. The van der Waals surface area contributed by atoms with Gasteiger partial charge < -0.3 is 20.1 Å². The van der Waals surface area contributed by atoms with Crippen LogP contribution in [-0.4, -0.2) is 53.2 Å². The van der Waals surface area contributed by atoms with Crippen LogP contribution in [0.3, 0.4) is 0 Å². The lowest BCUT2D eigenvalue weighted by Gasteiger charge is -2.21. The molecule has 2 aromatic carbocycles. The second-order valence-electron chi connectivity index (χ2n) is 7.02. The third-order valence-electron chi connectivity index (χ3n) is 5.17. The van der Waals surface area contributed by atoms with Crippen LogP contribution < -0.4 is 5.32 Å². The van der Waals surface area contributed by atoms with Crippen LogP contribution in [0.15, 0.2) is 42.5 Å². The molecule has 148 valence electrons. The van der Waals surface area contributed by atoms with E-state index < -0.39 is 29.7 Å². The maximum absolute atomic E-state index is 12.5. The van der Waals surface area contributed by atoms with Gasteiger partial charge in [-0.3, -0.25) is 9.59 Å². The minimum absolute atomic E-state index is 0.0584. The molecule has 0 spiro atoms. The Labute approximate surface area is 169 Å². The molecule has 2 N–H and O–H groups in total. The molecular formula is C21H18N2O5S. The van der Waals surface area contributed by atoms with Crippen molar-refractivity contribution >= 4 is 55.6 Å². The summed E-state index contributed by atoms with van der Waals surface area (Å²) in [6.07, 6.45) is 0.767. The first kappa shape index (κ1) is 19.1. The Bertz CT molecular complexity index is 1140. The summed E-state index contributed by atoms with van der Waals surface area (Å²) < 4.78 is 2.11. The zero-order valence-corrected chi connectivity index (χ0v) is 16.1. The number of aliphatic carboxylic acids is 1. The summed E-state index contributed by atoms with van der Waals surface area (Å²) >= 11 is 1.59. The highest BCUT2D eigenvalue weighted by atomic mass is 32.1. The lowest BCUT2D eigenvalue weighted by molar-refractivity contribution is -0.147. The second kappa shape index (κ2) is 7.63. The van der Waals surface area contributed by atoms with Crippen LogP contribution in [0, 0.1) is 5.92 Å². The third kappa shape index (κ3) is 3.58. The molecule has 1 aliphatic rings. The molecule has 2 atom stereocenters. The first-order valence-corrected chi connectivity index (χ1v) is 9.96. The van der Waals surface area contributed by atoms with Gasteiger partial charge in [-0.15, -0.1) is 11.3 Å². The topological polar surface area (TPSA) is 104 Å². The highest BCUT2D eigenvalue weighted by Crippen LogP contribution is 2.34. The molecule has 4 rings (SSSR count). The SMILES string of the molecule is O=C[C@@H]1C[C@@H](C(=O)O)N(C(=O)CNC(=O)c2ccc3c(c2)sc2ccccc23)C1. The fourth-order valence-electron chi connectivity index (χ4n) is 3.70. The average molecular weight is 410 g/mol. The summed E-state index contributed by atoms with van der Waals surface area (Å²) in [4.78, 5) is 48.4. The van der Waals surface area contributed by atoms with Gasteiger partial charge >= 0.3 is 5.97 Å². The van der Waals surface area contributed by atoms with Crippen molar-refractivity contribution in [3.8, 4) is 0 Å². The summed E-state index contributed by atoms with van der Waals surface area (Å²) in [6, 6.07) is 12.4. The Balaban J connectivity index is 1.46. The number of rotatable bonds is 5. The summed E-state index contributed by atoms with van der Waals surface area (Å²) in [7, 11) is 0. The number of carbonyl (C=O) groups is 4. The van der Waals surface area contributed by atoms with E-state index in [1.54, 1.807) is 23.5 Å². The zero-order chi connectivity index (χ0) is 20.5. The number of nitrogens with zero attached hydrogens (tertiary/aromatic N) is 1. The van der Waals surface area contributed by atoms with E-state index in [4.69, 9.17) is 0 Å². The van der Waals surface area contributed by atoms with E-state index in [1.165, 1.54) is 0 Å². The number of carboxylic acid groups (broad SMARTS) is 1. The molecule has 0 bridgehead atoms. The fraction of sp³-hybridized carbons (Fsp3) is 0.238. The lowest BCUT2D eigenvalue weighted by atomic mass is 10.1. The standard InChI is InChI=1S/C21H18N2O5S/c24-11-12-7-16(21(27)28)23(10-12)19(25)9-22-20(26)13-5-6-15-14-3-1-2-4-17(14)29-18(15)8-13/h1-6,8,11-12,16H,7,9-10H2,(H,22,26)(H,27,28)/t12-,16+/m1/s1. The molecule has 7 nitrogen and oxygen atoms in total. The number of benzene rings is 2. The van der Waals surface area contributed by atoms with Crippen molar-refractivity contribution in [3.63, 3.8) is 0 Å². The largest absolute Gasteiger partial charge is 0.480 e. The molecular weight excluding hydrogens is 392 g/mol. The molecule has 0 aliphatic carbocycles. The lowest BCUT2D eigenvalue weighted by Crippen LogP contribution is -2.45. The summed E-state index contributed by atoms with van der Waals surface area (Å²) in [5.74, 6) is -2.57. The first-order valence-electron chi connectivity index (χ1n) is 9.15. The molecule has 3 aromatic rings. The number of likely N-dealkylation sites (tertiary alicyclic amines) is 1. The molecule has 0 saturated carbocycles. The van der Waals surface area contributed by atoms with E-state index in [9.17, 15) is 24.3 Å². The Morgan fingerprint density at radius 1 is 1.14 bits per heavy atom. The van der Waals surface area contributed by atoms with Crippen molar-refractivity contribution < 1.29 is 24.3 Å². The van der Waals surface area contributed by atoms with Crippen molar-refractivity contribution in [3.05, 3.63) is 48.0 Å². The van der Waals surface area contributed by atoms with Crippen LogP contribution in [0.5, 0.6) is 0 Å². The van der Waals surface area contributed by atoms with E-state index in [0.29, 0.717) is 11.8 Å². The minimum atomic E-state index is -1.15. The predicted octanol–water partition coefficient (Wildman–Crippen LogP) is 2.28. The zero-order valence-electron chi connectivity index (χ0n) is 15.3. The molecule has 0 unspecified atom stereocenters. The van der Waals surface area contributed by atoms with Gasteiger partial charge in [0.2, 0.25) is 5.91 Å². The molecule has 0 radical (unpaired) electrons. The van der Waals surface area contributed by atoms with Crippen LogP contribution >= 0.6 is 11.3 Å². The van der Waals surface area contributed by atoms with Gasteiger partial charge in [-0.05, 0) is 24.6 Å². The summed E-state index contributed by atoms with van der Waals surface area (Å²) in [6.45, 7) is -0.262. The number of hydrogen-bond donors (Lipinski definition) is 2. The van der Waals surface area contributed by atoms with E-state index in [-0.39, 0.29) is 19.5 Å². The normalized spacial score (nSPS) is 18.8. The molecule has 1 saturated heterocycles. The van der Waals surface area contributed by atoms with Crippen molar-refractivity contribution in [2.75, 3.05) is 13.1 Å². The number of amides is 2. The number of thiophene rings is 1. The number of aldehydes is 1. The van der Waals surface area contributed by atoms with Crippen LogP contribution in [0.25, 0.3) is 20.2 Å². The molecule has 29 heavy (non-hydrogen) atoms. The van der Waals surface area contributed by atoms with E-state index in [2.05, 4.69) is 5.32 Å². The predicted molar refractivity (Wildman–Crippen MR) is 109 cm³/mol. The van der Waals surface area contributed by atoms with Gasteiger partial charge in [-0.25, -0.2) is 4.79 Å². The number of carboxylic acids is 1. The Hall–Kier alpha value is -3.26. The molecule has 1 fully saturated rings. The van der Waals surface area contributed by atoms with Crippen molar-refractivity contribution in [1.82, 2.24) is 10.2 Å². The number of nitrogens with one attached hydrogen (secondary N) is 1. The van der Waals surface area contributed by atoms with Gasteiger partial charge in [-0.2, -0.15) is 0 Å². The smallest absolute Gasteiger partial charge is 0.326 e. The van der Waals surface area contributed by atoms with Crippen molar-refractivity contribution in [2.24, 2.45) is 5.92 Å². The minimum Gasteiger partial charge on any atom is -0.480 e.